The highest BCUT2D eigenvalue weighted by Crippen LogP contribution is 2.26. The van der Waals surface area contributed by atoms with Crippen LogP contribution in [0.15, 0.2) is 22.9 Å². The van der Waals surface area contributed by atoms with Crippen molar-refractivity contribution in [2.24, 2.45) is 5.41 Å². The van der Waals surface area contributed by atoms with E-state index in [-0.39, 0.29) is 6.42 Å². The molecule has 0 fully saturated rings. The molecule has 0 saturated heterocycles. The van der Waals surface area contributed by atoms with Crippen molar-refractivity contribution in [2.75, 3.05) is 0 Å². The van der Waals surface area contributed by atoms with Crippen molar-refractivity contribution in [3.8, 4) is 11.5 Å². The Kier molecular flexibility index (Phi) is 3.18. The zero-order chi connectivity index (χ0) is 13.2. The molecule has 2 aromatic rings. The highest BCUT2D eigenvalue weighted by atomic mass is 16.5. The number of H-pyrrole nitrogens is 1. The number of aromatic amines is 1. The summed E-state index contributed by atoms with van der Waals surface area (Å²) in [5.41, 5.74) is 0.367. The van der Waals surface area contributed by atoms with Gasteiger partial charge in [0, 0.05) is 12.6 Å². The molecule has 0 aliphatic heterocycles. The first-order valence-corrected chi connectivity index (χ1v) is 5.64. The predicted molar refractivity (Wildman–Crippen MR) is 63.8 cm³/mol. The Morgan fingerprint density at radius 1 is 1.56 bits per heavy atom. The molecule has 18 heavy (non-hydrogen) atoms. The summed E-state index contributed by atoms with van der Waals surface area (Å²) in [7, 11) is 0. The molecule has 0 aliphatic rings. The fourth-order valence-corrected chi connectivity index (χ4v) is 1.79. The molecule has 96 valence electrons. The lowest BCUT2D eigenvalue weighted by atomic mass is 9.86. The van der Waals surface area contributed by atoms with E-state index in [1.165, 1.54) is 0 Å². The molecule has 0 aromatic carbocycles. The summed E-state index contributed by atoms with van der Waals surface area (Å²) >= 11 is 0. The van der Waals surface area contributed by atoms with E-state index in [2.05, 4.69) is 15.1 Å². The first-order chi connectivity index (χ1) is 8.46. The van der Waals surface area contributed by atoms with Gasteiger partial charge in [0.2, 0.25) is 11.7 Å². The Hall–Kier alpha value is -2.11. The van der Waals surface area contributed by atoms with Crippen LogP contribution in [-0.2, 0) is 11.2 Å². The topological polar surface area (TPSA) is 92.0 Å². The number of hydrogen-bond acceptors (Lipinski definition) is 4. The monoisotopic (exact) mass is 249 g/mol. The fourth-order valence-electron chi connectivity index (χ4n) is 1.79. The van der Waals surface area contributed by atoms with Crippen LogP contribution in [0.4, 0.5) is 0 Å². The summed E-state index contributed by atoms with van der Waals surface area (Å²) in [4.78, 5) is 18.0. The van der Waals surface area contributed by atoms with E-state index >= 15 is 0 Å². The molecule has 6 heteroatoms. The lowest BCUT2D eigenvalue weighted by Gasteiger charge is -2.19. The van der Waals surface area contributed by atoms with Crippen LogP contribution in [0.3, 0.4) is 0 Å². The smallest absolute Gasteiger partial charge is 0.303 e. The second-order valence-corrected chi connectivity index (χ2v) is 5.01. The molecule has 0 saturated carbocycles. The first-order valence-electron chi connectivity index (χ1n) is 5.64. The predicted octanol–water partition coefficient (Wildman–Crippen LogP) is 2.11. The average molecular weight is 249 g/mol. The number of carbonyl (C=O) groups is 1. The van der Waals surface area contributed by atoms with Crippen LogP contribution in [0.1, 0.15) is 26.2 Å². The maximum absolute atomic E-state index is 10.7. The summed E-state index contributed by atoms with van der Waals surface area (Å²) in [5.74, 6) is 0.107. The third-order valence-corrected chi connectivity index (χ3v) is 2.57. The van der Waals surface area contributed by atoms with Gasteiger partial charge in [0.05, 0.1) is 12.1 Å². The van der Waals surface area contributed by atoms with Crippen molar-refractivity contribution >= 4 is 5.97 Å². The van der Waals surface area contributed by atoms with Gasteiger partial charge >= 0.3 is 5.97 Å². The van der Waals surface area contributed by atoms with E-state index in [0.29, 0.717) is 18.1 Å². The maximum atomic E-state index is 10.7. The molecule has 0 spiro atoms. The van der Waals surface area contributed by atoms with Crippen LogP contribution in [0.25, 0.3) is 11.5 Å². The van der Waals surface area contributed by atoms with Gasteiger partial charge in [-0.2, -0.15) is 4.98 Å². The van der Waals surface area contributed by atoms with E-state index < -0.39 is 11.4 Å². The Labute approximate surface area is 104 Å². The SMILES string of the molecule is CC(C)(CC(=O)O)Cc1nc(-c2ccc[nH]2)no1. The number of hydrogen-bond donors (Lipinski definition) is 2. The van der Waals surface area contributed by atoms with Crippen molar-refractivity contribution < 1.29 is 14.4 Å². The minimum Gasteiger partial charge on any atom is -0.481 e. The number of aromatic nitrogens is 3. The molecule has 2 heterocycles. The molecule has 2 N–H and O–H groups in total. The number of nitrogens with zero attached hydrogens (tertiary/aromatic N) is 2. The van der Waals surface area contributed by atoms with Gasteiger partial charge in [0.1, 0.15) is 0 Å². The standard InChI is InChI=1S/C12H15N3O3/c1-12(2,7-10(16)17)6-9-14-11(15-18-9)8-4-3-5-13-8/h3-5,13H,6-7H2,1-2H3,(H,16,17). The lowest BCUT2D eigenvalue weighted by molar-refractivity contribution is -0.139. The normalized spacial score (nSPS) is 11.7. The molecule has 2 aromatic heterocycles. The van der Waals surface area contributed by atoms with E-state index in [1.54, 1.807) is 6.20 Å². The summed E-state index contributed by atoms with van der Waals surface area (Å²) in [6.45, 7) is 3.72. The minimum absolute atomic E-state index is 0.0627. The van der Waals surface area contributed by atoms with Gasteiger partial charge in [-0.05, 0) is 17.5 Å². The molecule has 0 amide bonds. The number of carboxylic acids is 1. The number of nitrogens with one attached hydrogen (secondary N) is 1. The van der Waals surface area contributed by atoms with Gasteiger partial charge in [0.25, 0.3) is 0 Å². The van der Waals surface area contributed by atoms with Gasteiger partial charge in [-0.15, -0.1) is 0 Å². The van der Waals surface area contributed by atoms with Crippen LogP contribution in [0, 0.1) is 5.41 Å². The Morgan fingerprint density at radius 2 is 2.33 bits per heavy atom. The van der Waals surface area contributed by atoms with Gasteiger partial charge in [-0.1, -0.05) is 19.0 Å². The highest BCUT2D eigenvalue weighted by molar-refractivity contribution is 5.67. The van der Waals surface area contributed by atoms with Crippen LogP contribution < -0.4 is 0 Å². The maximum Gasteiger partial charge on any atom is 0.303 e. The van der Waals surface area contributed by atoms with E-state index in [9.17, 15) is 4.79 Å². The zero-order valence-electron chi connectivity index (χ0n) is 10.3. The van der Waals surface area contributed by atoms with Gasteiger partial charge in [0.15, 0.2) is 0 Å². The summed E-state index contributed by atoms with van der Waals surface area (Å²) in [6.07, 6.45) is 2.28. The molecule has 0 aliphatic carbocycles. The summed E-state index contributed by atoms with van der Waals surface area (Å²) < 4.78 is 5.13. The number of aliphatic carboxylic acids is 1. The van der Waals surface area contributed by atoms with Crippen molar-refractivity contribution in [1.29, 1.82) is 0 Å². The molecule has 0 radical (unpaired) electrons. The van der Waals surface area contributed by atoms with Gasteiger partial charge in [-0.3, -0.25) is 4.79 Å². The Balaban J connectivity index is 2.09. The van der Waals surface area contributed by atoms with Crippen molar-refractivity contribution in [3.05, 3.63) is 24.2 Å². The summed E-state index contributed by atoms with van der Waals surface area (Å²) in [6, 6.07) is 3.69. The molecule has 0 bridgehead atoms. The lowest BCUT2D eigenvalue weighted by Crippen LogP contribution is -2.19. The summed E-state index contributed by atoms with van der Waals surface area (Å²) in [5, 5.41) is 12.7. The van der Waals surface area contributed by atoms with Crippen LogP contribution in [0.5, 0.6) is 0 Å². The fraction of sp³-hybridized carbons (Fsp3) is 0.417. The molecule has 0 atom stereocenters. The van der Waals surface area contributed by atoms with Crippen LogP contribution in [0.2, 0.25) is 0 Å². The highest BCUT2D eigenvalue weighted by Gasteiger charge is 2.25. The third-order valence-electron chi connectivity index (χ3n) is 2.57. The third kappa shape index (κ3) is 2.97. The average Bonchev–Trinajstić information content (AvgIpc) is 2.82. The van der Waals surface area contributed by atoms with Gasteiger partial charge in [-0.25, -0.2) is 0 Å². The van der Waals surface area contributed by atoms with Crippen molar-refractivity contribution in [1.82, 2.24) is 15.1 Å². The Morgan fingerprint density at radius 3 is 2.94 bits per heavy atom. The van der Waals surface area contributed by atoms with Gasteiger partial charge < -0.3 is 14.6 Å². The molecule has 6 nitrogen and oxygen atoms in total. The van der Waals surface area contributed by atoms with E-state index in [0.717, 1.165) is 5.69 Å². The Bertz CT molecular complexity index is 529. The number of carboxylic acid groups (broad SMARTS) is 1. The molecule has 2 rings (SSSR count). The molecule has 0 unspecified atom stereocenters. The second-order valence-electron chi connectivity index (χ2n) is 5.01. The molecular weight excluding hydrogens is 234 g/mol. The first kappa shape index (κ1) is 12.3. The second kappa shape index (κ2) is 4.64. The quantitative estimate of drug-likeness (QED) is 0.846. The minimum atomic E-state index is -0.830. The van der Waals surface area contributed by atoms with Crippen molar-refractivity contribution in [3.63, 3.8) is 0 Å². The van der Waals surface area contributed by atoms with E-state index in [4.69, 9.17) is 9.63 Å². The largest absolute Gasteiger partial charge is 0.481 e. The number of rotatable bonds is 5. The van der Waals surface area contributed by atoms with Crippen molar-refractivity contribution in [2.45, 2.75) is 26.7 Å². The molecular formula is C12H15N3O3. The van der Waals surface area contributed by atoms with Crippen LogP contribution in [-0.4, -0.2) is 26.2 Å². The zero-order valence-corrected chi connectivity index (χ0v) is 10.3. The van der Waals surface area contributed by atoms with Crippen LogP contribution >= 0.6 is 0 Å². The van der Waals surface area contributed by atoms with E-state index in [1.807, 2.05) is 26.0 Å².